The zero-order chi connectivity index (χ0) is 15.2. The van der Waals surface area contributed by atoms with Gasteiger partial charge in [0.25, 0.3) is 0 Å². The largest absolute Gasteiger partial charge is 0.381 e. The van der Waals surface area contributed by atoms with E-state index in [1.807, 2.05) is 24.5 Å². The van der Waals surface area contributed by atoms with Gasteiger partial charge >= 0.3 is 0 Å². The van der Waals surface area contributed by atoms with Crippen molar-refractivity contribution < 1.29 is 0 Å². The Labute approximate surface area is 132 Å². The van der Waals surface area contributed by atoms with Crippen LogP contribution < -0.4 is 5.32 Å². The zero-order valence-corrected chi connectivity index (χ0v) is 13.2. The fourth-order valence-electron chi connectivity index (χ4n) is 2.70. The number of piperazine rings is 1. The fraction of sp³-hybridized carbons (Fsp3) is 0.389. The van der Waals surface area contributed by atoms with E-state index < -0.39 is 0 Å². The smallest absolute Gasteiger partial charge is 0.0401 e. The molecule has 1 fully saturated rings. The van der Waals surface area contributed by atoms with E-state index in [1.54, 1.807) is 0 Å². The summed E-state index contributed by atoms with van der Waals surface area (Å²) in [6, 6.07) is 12.9. The van der Waals surface area contributed by atoms with Crippen LogP contribution in [0.5, 0.6) is 0 Å². The summed E-state index contributed by atoms with van der Waals surface area (Å²) >= 11 is 0. The summed E-state index contributed by atoms with van der Waals surface area (Å²) in [5, 5.41) is 3.45. The van der Waals surface area contributed by atoms with Gasteiger partial charge in [0.15, 0.2) is 0 Å². The van der Waals surface area contributed by atoms with Gasteiger partial charge in [-0.1, -0.05) is 12.1 Å². The molecule has 0 unspecified atom stereocenters. The third-order valence-corrected chi connectivity index (χ3v) is 4.20. The average molecular weight is 296 g/mol. The van der Waals surface area contributed by atoms with Crippen molar-refractivity contribution in [1.82, 2.24) is 14.8 Å². The molecule has 1 saturated heterocycles. The van der Waals surface area contributed by atoms with Crippen LogP contribution in [0.3, 0.4) is 0 Å². The molecule has 0 spiro atoms. The first-order valence-corrected chi connectivity index (χ1v) is 7.92. The number of benzene rings is 1. The van der Waals surface area contributed by atoms with E-state index in [4.69, 9.17) is 0 Å². The first-order valence-electron chi connectivity index (χ1n) is 7.92. The first-order chi connectivity index (χ1) is 10.8. The zero-order valence-electron chi connectivity index (χ0n) is 13.2. The van der Waals surface area contributed by atoms with Gasteiger partial charge in [-0.15, -0.1) is 0 Å². The number of nitrogens with one attached hydrogen (secondary N) is 1. The molecule has 0 aliphatic carbocycles. The second kappa shape index (κ2) is 7.38. The third kappa shape index (κ3) is 4.29. The van der Waals surface area contributed by atoms with Crippen LogP contribution in [-0.2, 0) is 13.1 Å². The van der Waals surface area contributed by atoms with Crippen molar-refractivity contribution in [3.63, 3.8) is 0 Å². The van der Waals surface area contributed by atoms with Gasteiger partial charge in [-0.3, -0.25) is 9.88 Å². The van der Waals surface area contributed by atoms with Gasteiger partial charge in [-0.2, -0.15) is 0 Å². The number of rotatable bonds is 5. The Morgan fingerprint density at radius 3 is 2.27 bits per heavy atom. The number of nitrogens with zero attached hydrogens (tertiary/aromatic N) is 3. The Balaban J connectivity index is 1.50. The minimum Gasteiger partial charge on any atom is -0.381 e. The number of hydrogen-bond donors (Lipinski definition) is 1. The highest BCUT2D eigenvalue weighted by Crippen LogP contribution is 2.13. The molecule has 22 heavy (non-hydrogen) atoms. The summed E-state index contributed by atoms with van der Waals surface area (Å²) in [7, 11) is 2.20. The minimum atomic E-state index is 0.834. The van der Waals surface area contributed by atoms with E-state index in [2.05, 4.69) is 51.4 Å². The lowest BCUT2D eigenvalue weighted by atomic mass is 10.1. The molecule has 1 aromatic carbocycles. The van der Waals surface area contributed by atoms with Crippen molar-refractivity contribution in [3.8, 4) is 0 Å². The molecule has 3 rings (SSSR count). The second-order valence-corrected chi connectivity index (χ2v) is 5.99. The van der Waals surface area contributed by atoms with Gasteiger partial charge in [-0.05, 0) is 42.4 Å². The van der Waals surface area contributed by atoms with E-state index in [0.29, 0.717) is 0 Å². The maximum absolute atomic E-state index is 4.04. The van der Waals surface area contributed by atoms with Crippen molar-refractivity contribution in [1.29, 1.82) is 0 Å². The first kappa shape index (κ1) is 15.0. The fourth-order valence-corrected chi connectivity index (χ4v) is 2.70. The number of pyridine rings is 1. The van der Waals surface area contributed by atoms with Crippen LogP contribution in [0.4, 0.5) is 5.69 Å². The molecule has 116 valence electrons. The summed E-state index contributed by atoms with van der Waals surface area (Å²) in [5.41, 5.74) is 3.80. The number of hydrogen-bond acceptors (Lipinski definition) is 4. The third-order valence-electron chi connectivity index (χ3n) is 4.20. The van der Waals surface area contributed by atoms with Gasteiger partial charge in [0, 0.05) is 57.3 Å². The van der Waals surface area contributed by atoms with Gasteiger partial charge in [0.2, 0.25) is 0 Å². The van der Waals surface area contributed by atoms with Crippen molar-refractivity contribution in [2.24, 2.45) is 0 Å². The Kier molecular flexibility index (Phi) is 5.03. The molecule has 2 heterocycles. The molecular formula is C18H24N4. The summed E-state index contributed by atoms with van der Waals surface area (Å²) in [6.07, 6.45) is 3.66. The Hall–Kier alpha value is -1.91. The lowest BCUT2D eigenvalue weighted by molar-refractivity contribution is 0.148. The Morgan fingerprint density at radius 1 is 0.909 bits per heavy atom. The van der Waals surface area contributed by atoms with Crippen LogP contribution in [0.1, 0.15) is 11.1 Å². The molecule has 0 bridgehead atoms. The van der Waals surface area contributed by atoms with Crippen molar-refractivity contribution in [2.75, 3.05) is 38.5 Å². The molecule has 0 atom stereocenters. The average Bonchev–Trinajstić information content (AvgIpc) is 2.57. The molecule has 1 aromatic heterocycles. The molecule has 1 N–H and O–H groups in total. The van der Waals surface area contributed by atoms with E-state index in [1.165, 1.54) is 43.0 Å². The maximum atomic E-state index is 4.04. The van der Waals surface area contributed by atoms with Gasteiger partial charge < -0.3 is 10.2 Å². The summed E-state index contributed by atoms with van der Waals surface area (Å²) in [5.74, 6) is 0. The van der Waals surface area contributed by atoms with E-state index in [9.17, 15) is 0 Å². The van der Waals surface area contributed by atoms with Crippen molar-refractivity contribution in [3.05, 3.63) is 59.9 Å². The van der Waals surface area contributed by atoms with Crippen LogP contribution in [0.2, 0.25) is 0 Å². The molecule has 0 amide bonds. The minimum absolute atomic E-state index is 0.834. The van der Waals surface area contributed by atoms with E-state index in [-0.39, 0.29) is 0 Å². The van der Waals surface area contributed by atoms with Crippen LogP contribution in [0.25, 0.3) is 0 Å². The highest BCUT2D eigenvalue weighted by atomic mass is 15.2. The number of anilines is 1. The Morgan fingerprint density at radius 2 is 1.59 bits per heavy atom. The number of aromatic nitrogens is 1. The monoisotopic (exact) mass is 296 g/mol. The van der Waals surface area contributed by atoms with Crippen LogP contribution in [0.15, 0.2) is 48.8 Å². The number of likely N-dealkylation sites (N-methyl/N-ethyl adjacent to an activating group) is 1. The molecule has 1 aliphatic heterocycles. The molecule has 0 radical (unpaired) electrons. The predicted molar refractivity (Wildman–Crippen MR) is 90.8 cm³/mol. The van der Waals surface area contributed by atoms with E-state index in [0.717, 1.165) is 13.1 Å². The van der Waals surface area contributed by atoms with Gasteiger partial charge in [-0.25, -0.2) is 0 Å². The van der Waals surface area contributed by atoms with Crippen molar-refractivity contribution >= 4 is 5.69 Å². The van der Waals surface area contributed by atoms with Gasteiger partial charge in [0.1, 0.15) is 0 Å². The SMILES string of the molecule is CN1CCN(Cc2ccc(NCc3ccncc3)cc2)CC1. The summed E-state index contributed by atoms with van der Waals surface area (Å²) < 4.78 is 0. The predicted octanol–water partition coefficient (Wildman–Crippen LogP) is 2.44. The summed E-state index contributed by atoms with van der Waals surface area (Å²) in [4.78, 5) is 8.96. The highest BCUT2D eigenvalue weighted by Gasteiger charge is 2.13. The van der Waals surface area contributed by atoms with E-state index >= 15 is 0 Å². The molecule has 4 nitrogen and oxygen atoms in total. The summed E-state index contributed by atoms with van der Waals surface area (Å²) in [6.45, 7) is 6.56. The van der Waals surface area contributed by atoms with Gasteiger partial charge in [0.05, 0.1) is 0 Å². The molecule has 0 saturated carbocycles. The van der Waals surface area contributed by atoms with Crippen LogP contribution in [-0.4, -0.2) is 48.0 Å². The van der Waals surface area contributed by atoms with Crippen LogP contribution in [0, 0.1) is 0 Å². The Bertz CT molecular complexity index is 559. The lowest BCUT2D eigenvalue weighted by Crippen LogP contribution is -2.43. The maximum Gasteiger partial charge on any atom is 0.0401 e. The topological polar surface area (TPSA) is 31.4 Å². The quantitative estimate of drug-likeness (QED) is 0.918. The standard InChI is InChI=1S/C18H24N4/c1-21-10-12-22(13-11-21)15-17-2-4-18(5-3-17)20-14-16-6-8-19-9-7-16/h2-9,20H,10-15H2,1H3. The normalized spacial score (nSPS) is 16.6. The molecular weight excluding hydrogens is 272 g/mol. The van der Waals surface area contributed by atoms with Crippen LogP contribution >= 0.6 is 0 Å². The molecule has 1 aliphatic rings. The lowest BCUT2D eigenvalue weighted by Gasteiger charge is -2.32. The molecule has 4 heteroatoms. The highest BCUT2D eigenvalue weighted by molar-refractivity contribution is 5.45. The molecule has 2 aromatic rings. The van der Waals surface area contributed by atoms with Crippen molar-refractivity contribution in [2.45, 2.75) is 13.1 Å². The second-order valence-electron chi connectivity index (χ2n) is 5.99.